The number of carbonyl (C=O) groups excluding carboxylic acids is 1. The van der Waals surface area contributed by atoms with Gasteiger partial charge in [-0.25, -0.2) is 9.78 Å². The van der Waals surface area contributed by atoms with Gasteiger partial charge >= 0.3 is 6.03 Å². The molecule has 2 aromatic carbocycles. The summed E-state index contributed by atoms with van der Waals surface area (Å²) in [6, 6.07) is 23.0. The Morgan fingerprint density at radius 1 is 0.875 bits per heavy atom. The highest BCUT2D eigenvalue weighted by atomic mass is 16.2. The number of aromatic nitrogens is 2. The zero-order chi connectivity index (χ0) is 16.4. The lowest BCUT2D eigenvalue weighted by Gasteiger charge is -2.06. The van der Waals surface area contributed by atoms with Gasteiger partial charge in [-0.2, -0.15) is 0 Å². The molecule has 1 N–H and O–H groups in total. The van der Waals surface area contributed by atoms with Gasteiger partial charge in [0.15, 0.2) is 0 Å². The fourth-order valence-corrected chi connectivity index (χ4v) is 2.77. The van der Waals surface area contributed by atoms with Crippen LogP contribution in [-0.4, -0.2) is 15.6 Å². The van der Waals surface area contributed by atoms with E-state index in [0.29, 0.717) is 5.65 Å². The number of nitrogens with one attached hydrogen (secondary N) is 1. The number of rotatable bonds is 2. The summed E-state index contributed by atoms with van der Waals surface area (Å²) in [7, 11) is 0. The highest BCUT2D eigenvalue weighted by Crippen LogP contribution is 2.29. The molecule has 0 spiro atoms. The summed E-state index contributed by atoms with van der Waals surface area (Å²) in [5.74, 6) is 0. The predicted molar refractivity (Wildman–Crippen MR) is 96.0 cm³/mol. The van der Waals surface area contributed by atoms with Gasteiger partial charge in [0, 0.05) is 29.0 Å². The van der Waals surface area contributed by atoms with Crippen molar-refractivity contribution in [2.45, 2.75) is 0 Å². The van der Waals surface area contributed by atoms with Gasteiger partial charge in [-0.1, -0.05) is 48.5 Å². The number of amides is 1. The predicted octanol–water partition coefficient (Wildman–Crippen LogP) is 4.78. The summed E-state index contributed by atoms with van der Waals surface area (Å²) in [6.07, 6.45) is 3.54. The van der Waals surface area contributed by atoms with E-state index in [1.807, 2.05) is 79.0 Å². The van der Waals surface area contributed by atoms with Gasteiger partial charge < -0.3 is 5.32 Å². The molecule has 2 aromatic heterocycles. The van der Waals surface area contributed by atoms with E-state index >= 15 is 0 Å². The number of pyridine rings is 1. The second kappa shape index (κ2) is 6.01. The van der Waals surface area contributed by atoms with Crippen LogP contribution in [0.4, 0.5) is 10.5 Å². The van der Waals surface area contributed by atoms with Crippen LogP contribution in [-0.2, 0) is 0 Å². The van der Waals surface area contributed by atoms with E-state index in [2.05, 4.69) is 10.3 Å². The quantitative estimate of drug-likeness (QED) is 0.578. The maximum atomic E-state index is 12.7. The molecule has 0 saturated carbocycles. The summed E-state index contributed by atoms with van der Waals surface area (Å²) in [4.78, 5) is 17.1. The fourth-order valence-electron chi connectivity index (χ4n) is 2.77. The monoisotopic (exact) mass is 313 g/mol. The topological polar surface area (TPSA) is 46.9 Å². The Bertz CT molecular complexity index is 991. The number of hydrogen-bond donors (Lipinski definition) is 1. The number of para-hydroxylation sites is 1. The Labute approximate surface area is 139 Å². The lowest BCUT2D eigenvalue weighted by molar-refractivity contribution is 0.254. The maximum Gasteiger partial charge on any atom is 0.331 e. The third kappa shape index (κ3) is 2.54. The van der Waals surface area contributed by atoms with Crippen LogP contribution in [0.15, 0.2) is 85.2 Å². The highest BCUT2D eigenvalue weighted by Gasteiger charge is 2.15. The van der Waals surface area contributed by atoms with Crippen LogP contribution >= 0.6 is 0 Å². The molecule has 4 rings (SSSR count). The lowest BCUT2D eigenvalue weighted by Crippen LogP contribution is -2.18. The van der Waals surface area contributed by atoms with Crippen molar-refractivity contribution < 1.29 is 4.79 Å². The molecule has 0 aliphatic rings. The van der Waals surface area contributed by atoms with Crippen LogP contribution in [0, 0.1) is 0 Å². The van der Waals surface area contributed by atoms with Gasteiger partial charge in [0.05, 0.1) is 0 Å². The molecule has 0 atom stereocenters. The zero-order valence-electron chi connectivity index (χ0n) is 12.9. The van der Waals surface area contributed by atoms with Crippen molar-refractivity contribution in [1.29, 1.82) is 0 Å². The molecule has 0 unspecified atom stereocenters. The standard InChI is InChI=1S/C20H15N3O/c24-20(22-16-10-5-2-6-11-16)23-14-18(15-8-3-1-4-9-15)17-12-7-13-21-19(17)23/h1-14H,(H,22,24). The number of nitrogens with zero attached hydrogens (tertiary/aromatic N) is 2. The van der Waals surface area contributed by atoms with E-state index in [0.717, 1.165) is 22.2 Å². The molecule has 0 saturated heterocycles. The fraction of sp³-hybridized carbons (Fsp3) is 0. The molecule has 2 heterocycles. The van der Waals surface area contributed by atoms with Crippen molar-refractivity contribution in [2.24, 2.45) is 0 Å². The first-order chi connectivity index (χ1) is 11.8. The number of fused-ring (bicyclic) bond motifs is 1. The lowest BCUT2D eigenvalue weighted by atomic mass is 10.1. The van der Waals surface area contributed by atoms with Crippen molar-refractivity contribution >= 4 is 22.8 Å². The van der Waals surface area contributed by atoms with Crippen molar-refractivity contribution in [3.8, 4) is 11.1 Å². The molecular formula is C20H15N3O. The zero-order valence-corrected chi connectivity index (χ0v) is 12.9. The largest absolute Gasteiger partial charge is 0.331 e. The van der Waals surface area contributed by atoms with Crippen LogP contribution in [0.1, 0.15) is 0 Å². The molecular weight excluding hydrogens is 298 g/mol. The smallest absolute Gasteiger partial charge is 0.307 e. The summed E-state index contributed by atoms with van der Waals surface area (Å²) >= 11 is 0. The first-order valence-electron chi connectivity index (χ1n) is 7.71. The molecule has 0 aliphatic heterocycles. The average Bonchev–Trinajstić information content (AvgIpc) is 3.03. The summed E-state index contributed by atoms with van der Waals surface area (Å²) in [5.41, 5.74) is 3.44. The summed E-state index contributed by atoms with van der Waals surface area (Å²) in [6.45, 7) is 0. The molecule has 24 heavy (non-hydrogen) atoms. The van der Waals surface area contributed by atoms with Gasteiger partial charge in [-0.05, 0) is 29.8 Å². The van der Waals surface area contributed by atoms with Crippen LogP contribution < -0.4 is 5.32 Å². The minimum atomic E-state index is -0.230. The SMILES string of the molecule is O=C(Nc1ccccc1)n1cc(-c2ccccc2)c2cccnc21. The highest BCUT2D eigenvalue weighted by molar-refractivity contribution is 6.03. The van der Waals surface area contributed by atoms with E-state index < -0.39 is 0 Å². The van der Waals surface area contributed by atoms with Crippen molar-refractivity contribution in [3.63, 3.8) is 0 Å². The molecule has 4 nitrogen and oxygen atoms in total. The molecule has 4 heteroatoms. The number of anilines is 1. The molecule has 0 fully saturated rings. The average molecular weight is 313 g/mol. The number of benzene rings is 2. The van der Waals surface area contributed by atoms with Crippen LogP contribution in [0.25, 0.3) is 22.2 Å². The third-order valence-electron chi connectivity index (χ3n) is 3.89. The molecule has 0 bridgehead atoms. The van der Waals surface area contributed by atoms with Crippen molar-refractivity contribution in [1.82, 2.24) is 9.55 Å². The normalized spacial score (nSPS) is 10.7. The van der Waals surface area contributed by atoms with E-state index in [-0.39, 0.29) is 6.03 Å². The molecule has 1 amide bonds. The molecule has 0 radical (unpaired) electrons. The van der Waals surface area contributed by atoms with Gasteiger partial charge in [-0.3, -0.25) is 4.57 Å². The minimum Gasteiger partial charge on any atom is -0.307 e. The molecule has 116 valence electrons. The summed E-state index contributed by atoms with van der Waals surface area (Å²) in [5, 5.41) is 3.85. The first-order valence-corrected chi connectivity index (χ1v) is 7.71. The van der Waals surface area contributed by atoms with Crippen LogP contribution in [0.5, 0.6) is 0 Å². The third-order valence-corrected chi connectivity index (χ3v) is 3.89. The maximum absolute atomic E-state index is 12.7. The summed E-state index contributed by atoms with van der Waals surface area (Å²) < 4.78 is 1.56. The Balaban J connectivity index is 1.80. The second-order valence-electron chi connectivity index (χ2n) is 5.45. The van der Waals surface area contributed by atoms with E-state index in [4.69, 9.17) is 0 Å². The molecule has 0 aliphatic carbocycles. The Kier molecular flexibility index (Phi) is 3.56. The van der Waals surface area contributed by atoms with E-state index in [1.54, 1.807) is 10.8 Å². The van der Waals surface area contributed by atoms with Gasteiger partial charge in [0.2, 0.25) is 0 Å². The van der Waals surface area contributed by atoms with E-state index in [9.17, 15) is 4.79 Å². The number of hydrogen-bond acceptors (Lipinski definition) is 2. The molecule has 4 aromatic rings. The Hall–Kier alpha value is -3.40. The van der Waals surface area contributed by atoms with Gasteiger partial charge in [0.25, 0.3) is 0 Å². The Morgan fingerprint density at radius 2 is 1.58 bits per heavy atom. The van der Waals surface area contributed by atoms with Crippen LogP contribution in [0.2, 0.25) is 0 Å². The second-order valence-corrected chi connectivity index (χ2v) is 5.45. The van der Waals surface area contributed by atoms with Crippen LogP contribution in [0.3, 0.4) is 0 Å². The first kappa shape index (κ1) is 14.2. The van der Waals surface area contributed by atoms with Gasteiger partial charge in [0.1, 0.15) is 5.65 Å². The van der Waals surface area contributed by atoms with Crippen molar-refractivity contribution in [3.05, 3.63) is 85.2 Å². The van der Waals surface area contributed by atoms with Gasteiger partial charge in [-0.15, -0.1) is 0 Å². The Morgan fingerprint density at radius 3 is 2.33 bits per heavy atom. The number of carbonyl (C=O) groups is 1. The van der Waals surface area contributed by atoms with E-state index in [1.165, 1.54) is 0 Å². The van der Waals surface area contributed by atoms with Crippen molar-refractivity contribution in [2.75, 3.05) is 5.32 Å². The minimum absolute atomic E-state index is 0.230.